The third-order valence-electron chi connectivity index (χ3n) is 3.98. The van der Waals surface area contributed by atoms with E-state index < -0.39 is 0 Å². The van der Waals surface area contributed by atoms with E-state index in [1.165, 1.54) is 0 Å². The lowest BCUT2D eigenvalue weighted by atomic mass is 9.85. The second kappa shape index (κ2) is 8.13. The molecule has 0 aliphatic heterocycles. The van der Waals surface area contributed by atoms with E-state index in [9.17, 15) is 4.79 Å². The number of ether oxygens (including phenoxy) is 3. The molecule has 0 atom stereocenters. The summed E-state index contributed by atoms with van der Waals surface area (Å²) >= 11 is 0. The summed E-state index contributed by atoms with van der Waals surface area (Å²) in [6.07, 6.45) is 0. The zero-order valence-electron chi connectivity index (χ0n) is 16.3. The molecule has 1 amide bonds. The van der Waals surface area contributed by atoms with Gasteiger partial charge in [0, 0.05) is 6.07 Å². The fraction of sp³-hybridized carbons (Fsp3) is 0.381. The van der Waals surface area contributed by atoms with Gasteiger partial charge in [0.1, 0.15) is 17.2 Å². The summed E-state index contributed by atoms with van der Waals surface area (Å²) in [4.78, 5) is 12.3. The molecule has 0 saturated heterocycles. The molecule has 26 heavy (non-hydrogen) atoms. The molecule has 1 N–H and O–H groups in total. The summed E-state index contributed by atoms with van der Waals surface area (Å²) in [5, 5.41) is 2.81. The normalized spacial score (nSPS) is 11.0. The summed E-state index contributed by atoms with van der Waals surface area (Å²) in [5.74, 6) is 1.65. The van der Waals surface area contributed by atoms with Gasteiger partial charge < -0.3 is 19.5 Å². The minimum atomic E-state index is -0.267. The van der Waals surface area contributed by atoms with Crippen LogP contribution in [0.1, 0.15) is 31.9 Å². The fourth-order valence-corrected chi connectivity index (χ4v) is 2.60. The Morgan fingerprint density at radius 2 is 1.69 bits per heavy atom. The van der Waals surface area contributed by atoms with E-state index >= 15 is 0 Å². The molecular weight excluding hydrogens is 330 g/mol. The number of amides is 1. The van der Waals surface area contributed by atoms with Crippen molar-refractivity contribution in [3.63, 3.8) is 0 Å². The van der Waals surface area contributed by atoms with Gasteiger partial charge in [-0.15, -0.1) is 0 Å². The fourth-order valence-electron chi connectivity index (χ4n) is 2.60. The van der Waals surface area contributed by atoms with E-state index in [4.69, 9.17) is 14.2 Å². The monoisotopic (exact) mass is 357 g/mol. The highest BCUT2D eigenvalue weighted by molar-refractivity contribution is 5.93. The lowest BCUT2D eigenvalue weighted by molar-refractivity contribution is -0.118. The molecule has 5 nitrogen and oxygen atoms in total. The molecular formula is C21H27NO4. The number of nitrogens with one attached hydrogen (secondary N) is 1. The van der Waals surface area contributed by atoms with Crippen molar-refractivity contribution in [3.8, 4) is 17.2 Å². The smallest absolute Gasteiger partial charge is 0.262 e. The Balaban J connectivity index is 2.11. The Kier molecular flexibility index (Phi) is 6.14. The largest absolute Gasteiger partial charge is 0.497 e. The number of hydrogen-bond acceptors (Lipinski definition) is 4. The predicted octanol–water partition coefficient (Wildman–Crippen LogP) is 4.33. The van der Waals surface area contributed by atoms with Gasteiger partial charge in [-0.2, -0.15) is 0 Å². The van der Waals surface area contributed by atoms with Crippen molar-refractivity contribution in [2.24, 2.45) is 0 Å². The topological polar surface area (TPSA) is 56.8 Å². The third kappa shape index (κ3) is 4.91. The molecule has 0 heterocycles. The first-order chi connectivity index (χ1) is 12.2. The van der Waals surface area contributed by atoms with Gasteiger partial charge >= 0.3 is 0 Å². The van der Waals surface area contributed by atoms with Gasteiger partial charge in [-0.05, 0) is 36.1 Å². The van der Waals surface area contributed by atoms with Crippen LogP contribution in [-0.4, -0.2) is 26.7 Å². The van der Waals surface area contributed by atoms with Crippen molar-refractivity contribution in [1.82, 2.24) is 0 Å². The third-order valence-corrected chi connectivity index (χ3v) is 3.98. The summed E-state index contributed by atoms with van der Waals surface area (Å²) in [6, 6.07) is 11.2. The van der Waals surface area contributed by atoms with Crippen LogP contribution in [-0.2, 0) is 10.2 Å². The molecule has 0 aromatic heterocycles. The van der Waals surface area contributed by atoms with E-state index in [0.29, 0.717) is 17.2 Å². The Labute approximate surface area is 155 Å². The highest BCUT2D eigenvalue weighted by atomic mass is 16.5. The molecule has 140 valence electrons. The van der Waals surface area contributed by atoms with Gasteiger partial charge in [-0.25, -0.2) is 0 Å². The SMILES string of the molecule is COc1ccc(OC)c(NC(=O)COc2ccc(C)cc2C(C)(C)C)c1. The van der Waals surface area contributed by atoms with Crippen molar-refractivity contribution in [2.75, 3.05) is 26.1 Å². The highest BCUT2D eigenvalue weighted by Gasteiger charge is 2.20. The maximum atomic E-state index is 12.3. The second-order valence-electron chi connectivity index (χ2n) is 7.15. The molecule has 0 radical (unpaired) electrons. The predicted molar refractivity (Wildman–Crippen MR) is 104 cm³/mol. The number of benzene rings is 2. The van der Waals surface area contributed by atoms with Gasteiger partial charge in [0.2, 0.25) is 0 Å². The Hall–Kier alpha value is -2.69. The number of carbonyl (C=O) groups excluding carboxylic acids is 1. The van der Waals surface area contributed by atoms with Crippen molar-refractivity contribution in [3.05, 3.63) is 47.5 Å². The molecule has 5 heteroatoms. The van der Waals surface area contributed by atoms with Gasteiger partial charge in [0.05, 0.1) is 19.9 Å². The van der Waals surface area contributed by atoms with E-state index in [0.717, 1.165) is 16.9 Å². The number of aryl methyl sites for hydroxylation is 1. The van der Waals surface area contributed by atoms with Crippen LogP contribution in [0.15, 0.2) is 36.4 Å². The van der Waals surface area contributed by atoms with Gasteiger partial charge in [0.25, 0.3) is 5.91 Å². The zero-order chi connectivity index (χ0) is 19.3. The molecule has 2 rings (SSSR count). The molecule has 0 unspecified atom stereocenters. The molecule has 0 spiro atoms. The molecule has 0 fully saturated rings. The average molecular weight is 357 g/mol. The minimum Gasteiger partial charge on any atom is -0.497 e. The standard InChI is InChI=1S/C21H27NO4/c1-14-7-9-18(16(11-14)21(2,3)4)26-13-20(23)22-17-12-15(24-5)8-10-19(17)25-6/h7-12H,13H2,1-6H3,(H,22,23). The molecule has 0 bridgehead atoms. The van der Waals surface area contributed by atoms with Crippen LogP contribution in [0.4, 0.5) is 5.69 Å². The minimum absolute atomic E-state index is 0.0755. The average Bonchev–Trinajstić information content (AvgIpc) is 2.59. The maximum absolute atomic E-state index is 12.3. The number of anilines is 1. The number of hydrogen-bond donors (Lipinski definition) is 1. The molecule has 0 saturated carbocycles. The van der Waals surface area contributed by atoms with E-state index in [1.54, 1.807) is 32.4 Å². The summed E-state index contributed by atoms with van der Waals surface area (Å²) < 4.78 is 16.3. The molecule has 0 aliphatic carbocycles. The Morgan fingerprint density at radius 3 is 2.31 bits per heavy atom. The highest BCUT2D eigenvalue weighted by Crippen LogP contribution is 2.32. The summed E-state index contributed by atoms with van der Waals surface area (Å²) in [7, 11) is 3.12. The van der Waals surface area contributed by atoms with Crippen LogP contribution in [0, 0.1) is 6.92 Å². The van der Waals surface area contributed by atoms with Crippen LogP contribution in [0.2, 0.25) is 0 Å². The Bertz CT molecular complexity index is 778. The van der Waals surface area contributed by atoms with Crippen LogP contribution in [0.25, 0.3) is 0 Å². The first kappa shape index (κ1) is 19.6. The van der Waals surface area contributed by atoms with Crippen LogP contribution in [0.3, 0.4) is 0 Å². The molecule has 2 aromatic carbocycles. The lowest BCUT2D eigenvalue weighted by Crippen LogP contribution is -2.22. The Morgan fingerprint density at radius 1 is 1.00 bits per heavy atom. The van der Waals surface area contributed by atoms with Crippen molar-refractivity contribution >= 4 is 11.6 Å². The zero-order valence-corrected chi connectivity index (χ0v) is 16.3. The summed E-state index contributed by atoms with van der Waals surface area (Å²) in [6.45, 7) is 8.31. The molecule has 0 aliphatic rings. The quantitative estimate of drug-likeness (QED) is 0.836. The number of carbonyl (C=O) groups is 1. The van der Waals surface area contributed by atoms with E-state index in [1.807, 2.05) is 19.1 Å². The van der Waals surface area contributed by atoms with Gasteiger partial charge in [-0.1, -0.05) is 38.5 Å². The molecule has 2 aromatic rings. The first-order valence-corrected chi connectivity index (χ1v) is 8.50. The van der Waals surface area contributed by atoms with E-state index in [2.05, 4.69) is 32.2 Å². The maximum Gasteiger partial charge on any atom is 0.262 e. The number of methoxy groups -OCH3 is 2. The van der Waals surface area contributed by atoms with Crippen molar-refractivity contribution in [1.29, 1.82) is 0 Å². The second-order valence-corrected chi connectivity index (χ2v) is 7.15. The van der Waals surface area contributed by atoms with E-state index in [-0.39, 0.29) is 17.9 Å². The summed E-state index contributed by atoms with van der Waals surface area (Å²) in [5.41, 5.74) is 2.70. The van der Waals surface area contributed by atoms with Crippen LogP contribution < -0.4 is 19.5 Å². The van der Waals surface area contributed by atoms with Gasteiger partial charge in [-0.3, -0.25) is 4.79 Å². The first-order valence-electron chi connectivity index (χ1n) is 8.50. The van der Waals surface area contributed by atoms with Crippen molar-refractivity contribution in [2.45, 2.75) is 33.1 Å². The van der Waals surface area contributed by atoms with Crippen molar-refractivity contribution < 1.29 is 19.0 Å². The van der Waals surface area contributed by atoms with Crippen LogP contribution >= 0.6 is 0 Å². The van der Waals surface area contributed by atoms with Gasteiger partial charge in [0.15, 0.2) is 6.61 Å². The lowest BCUT2D eigenvalue weighted by Gasteiger charge is -2.23. The van der Waals surface area contributed by atoms with Crippen LogP contribution in [0.5, 0.6) is 17.2 Å². The number of rotatable bonds is 6.